The number of carbonyl (C=O) groups is 4. The number of amides is 2. The highest BCUT2D eigenvalue weighted by Gasteiger charge is 2.28. The van der Waals surface area contributed by atoms with Gasteiger partial charge in [-0.05, 0) is 40.4 Å². The van der Waals surface area contributed by atoms with Gasteiger partial charge in [-0.15, -0.1) is 0 Å². The number of carbonyl (C=O) groups excluding carboxylic acids is 4. The predicted octanol–water partition coefficient (Wildman–Crippen LogP) is 3.08. The average Bonchev–Trinajstić information content (AvgIpc) is 3.50. The van der Waals surface area contributed by atoms with Gasteiger partial charge < -0.3 is 33.9 Å². The fourth-order valence-corrected chi connectivity index (χ4v) is 4.01. The Labute approximate surface area is 262 Å². The maximum absolute atomic E-state index is 14.3. The summed E-state index contributed by atoms with van der Waals surface area (Å²) in [4.78, 5) is 49.2. The molecule has 0 saturated heterocycles. The molecule has 2 atom stereocenters. The van der Waals surface area contributed by atoms with Crippen LogP contribution < -0.4 is 15.5 Å². The summed E-state index contributed by atoms with van der Waals surface area (Å²) in [6.45, 7) is 1.93. The van der Waals surface area contributed by atoms with Gasteiger partial charge in [-0.3, -0.25) is 10.2 Å². The molecule has 2 amide bonds. The molecule has 2 aromatic carbocycles. The first-order chi connectivity index (χ1) is 21.4. The van der Waals surface area contributed by atoms with Crippen molar-refractivity contribution in [2.75, 3.05) is 27.6 Å². The summed E-state index contributed by atoms with van der Waals surface area (Å²) >= 11 is 6.01. The Kier molecular flexibility index (Phi) is 12.6. The van der Waals surface area contributed by atoms with Crippen molar-refractivity contribution in [1.82, 2.24) is 20.9 Å². The number of methoxy groups -OCH3 is 2. The summed E-state index contributed by atoms with van der Waals surface area (Å²) in [5.74, 6) is -3.83. The molecular weight excluding hydrogens is 619 g/mol. The van der Waals surface area contributed by atoms with E-state index in [0.717, 1.165) is 7.11 Å². The van der Waals surface area contributed by atoms with Gasteiger partial charge in [0.25, 0.3) is 5.88 Å². The molecule has 242 valence electrons. The van der Waals surface area contributed by atoms with Crippen molar-refractivity contribution < 1.29 is 52.1 Å². The minimum Gasteiger partial charge on any atom is -0.479 e. The SMILES string of the molecule is COC(=O)N[C@H](C(=O)OCOC(=O)[C@H](O)CN(Cc1ccc(-c2cc(Cl)ccc2F)cc1)NC(=O)c1cc(OC)no1)C(C)C. The lowest BCUT2D eigenvalue weighted by Gasteiger charge is -2.25. The zero-order valence-corrected chi connectivity index (χ0v) is 25.5. The lowest BCUT2D eigenvalue weighted by atomic mass is 10.0. The van der Waals surface area contributed by atoms with Crippen molar-refractivity contribution in [2.45, 2.75) is 32.5 Å². The van der Waals surface area contributed by atoms with Crippen LogP contribution in [0.25, 0.3) is 11.1 Å². The lowest BCUT2D eigenvalue weighted by molar-refractivity contribution is -0.175. The molecule has 14 nitrogen and oxygen atoms in total. The van der Waals surface area contributed by atoms with E-state index in [1.165, 1.54) is 36.4 Å². The number of aliphatic hydroxyl groups excluding tert-OH is 1. The number of esters is 2. The Hall–Kier alpha value is -4.73. The van der Waals surface area contributed by atoms with Crippen LogP contribution in [-0.4, -0.2) is 78.9 Å². The molecule has 3 aromatic rings. The first kappa shape index (κ1) is 34.8. The summed E-state index contributed by atoms with van der Waals surface area (Å²) in [7, 11) is 2.47. The van der Waals surface area contributed by atoms with E-state index in [0.29, 0.717) is 16.1 Å². The van der Waals surface area contributed by atoms with Gasteiger partial charge in [0.1, 0.15) is 11.9 Å². The zero-order valence-electron chi connectivity index (χ0n) is 24.7. The van der Waals surface area contributed by atoms with Gasteiger partial charge in [-0.1, -0.05) is 49.7 Å². The molecule has 16 heteroatoms. The molecule has 0 unspecified atom stereocenters. The first-order valence-corrected chi connectivity index (χ1v) is 13.8. The topological polar surface area (TPSA) is 179 Å². The summed E-state index contributed by atoms with van der Waals surface area (Å²) < 4.78 is 38.5. The van der Waals surface area contributed by atoms with Gasteiger partial charge in [0.05, 0.1) is 26.8 Å². The number of nitrogens with one attached hydrogen (secondary N) is 2. The van der Waals surface area contributed by atoms with Gasteiger partial charge >= 0.3 is 23.9 Å². The second kappa shape index (κ2) is 16.4. The molecule has 3 N–H and O–H groups in total. The molecule has 45 heavy (non-hydrogen) atoms. The number of aliphatic hydroxyl groups is 1. The zero-order chi connectivity index (χ0) is 33.1. The molecular formula is C29H32ClFN4O10. The van der Waals surface area contributed by atoms with E-state index in [9.17, 15) is 28.7 Å². The quantitative estimate of drug-likeness (QED) is 0.132. The van der Waals surface area contributed by atoms with Crippen molar-refractivity contribution in [3.63, 3.8) is 0 Å². The van der Waals surface area contributed by atoms with Crippen LogP contribution in [0.5, 0.6) is 5.88 Å². The molecule has 0 bridgehead atoms. The Balaban J connectivity index is 1.68. The van der Waals surface area contributed by atoms with E-state index in [-0.39, 0.29) is 29.7 Å². The monoisotopic (exact) mass is 650 g/mol. The lowest BCUT2D eigenvalue weighted by Crippen LogP contribution is -2.48. The fraction of sp³-hybridized carbons (Fsp3) is 0.345. The van der Waals surface area contributed by atoms with Gasteiger partial charge in [-0.25, -0.2) is 23.8 Å². The van der Waals surface area contributed by atoms with E-state index < -0.39 is 55.2 Å². The van der Waals surface area contributed by atoms with Crippen molar-refractivity contribution >= 4 is 35.5 Å². The molecule has 0 fully saturated rings. The molecule has 0 aliphatic carbocycles. The van der Waals surface area contributed by atoms with Crippen LogP contribution in [0.15, 0.2) is 53.1 Å². The van der Waals surface area contributed by atoms with Crippen LogP contribution in [0.2, 0.25) is 5.02 Å². The van der Waals surface area contributed by atoms with Crippen LogP contribution in [0, 0.1) is 11.7 Å². The molecule has 0 spiro atoms. The maximum Gasteiger partial charge on any atom is 0.407 e. The normalized spacial score (nSPS) is 12.3. The smallest absolute Gasteiger partial charge is 0.407 e. The van der Waals surface area contributed by atoms with Crippen LogP contribution in [0.4, 0.5) is 9.18 Å². The summed E-state index contributed by atoms with van der Waals surface area (Å²) in [6.07, 6.45) is -2.67. The highest BCUT2D eigenvalue weighted by Crippen LogP contribution is 2.26. The summed E-state index contributed by atoms with van der Waals surface area (Å²) in [5, 5.41) is 18.0. The van der Waals surface area contributed by atoms with Gasteiger partial charge in [-0.2, -0.15) is 0 Å². The van der Waals surface area contributed by atoms with Crippen molar-refractivity contribution in [2.24, 2.45) is 5.92 Å². The van der Waals surface area contributed by atoms with Gasteiger partial charge in [0.2, 0.25) is 12.6 Å². The summed E-state index contributed by atoms with van der Waals surface area (Å²) in [5.41, 5.74) is 3.95. The highest BCUT2D eigenvalue weighted by atomic mass is 35.5. The van der Waals surface area contributed by atoms with Crippen LogP contribution in [-0.2, 0) is 30.3 Å². The van der Waals surface area contributed by atoms with E-state index in [4.69, 9.17) is 30.3 Å². The second-order valence-electron chi connectivity index (χ2n) is 9.79. The predicted molar refractivity (Wildman–Crippen MR) is 155 cm³/mol. The molecule has 1 aromatic heterocycles. The molecule has 3 rings (SSSR count). The molecule has 1 heterocycles. The number of hydrazine groups is 1. The fourth-order valence-electron chi connectivity index (χ4n) is 3.84. The largest absolute Gasteiger partial charge is 0.479 e. The highest BCUT2D eigenvalue weighted by molar-refractivity contribution is 6.30. The van der Waals surface area contributed by atoms with Gasteiger partial charge in [0, 0.05) is 17.1 Å². The Morgan fingerprint density at radius 2 is 1.73 bits per heavy atom. The third kappa shape index (κ3) is 10.2. The third-order valence-electron chi connectivity index (χ3n) is 6.20. The third-order valence-corrected chi connectivity index (χ3v) is 6.43. The van der Waals surface area contributed by atoms with Crippen molar-refractivity contribution in [1.29, 1.82) is 0 Å². The number of rotatable bonds is 14. The number of hydrogen-bond donors (Lipinski definition) is 3. The number of halogens is 2. The maximum atomic E-state index is 14.3. The van der Waals surface area contributed by atoms with Crippen LogP contribution >= 0.6 is 11.6 Å². The molecule has 0 aliphatic heterocycles. The number of aromatic nitrogens is 1. The molecule has 0 aliphatic rings. The Bertz CT molecular complexity index is 1480. The van der Waals surface area contributed by atoms with E-state index in [1.807, 2.05) is 0 Å². The van der Waals surface area contributed by atoms with Gasteiger partial charge in [0.15, 0.2) is 6.10 Å². The average molecular weight is 651 g/mol. The minimum atomic E-state index is -1.82. The molecule has 0 radical (unpaired) electrons. The Morgan fingerprint density at radius 1 is 1.04 bits per heavy atom. The number of hydrogen-bond acceptors (Lipinski definition) is 12. The van der Waals surface area contributed by atoms with E-state index in [1.54, 1.807) is 38.1 Å². The van der Waals surface area contributed by atoms with Crippen molar-refractivity contribution in [3.05, 3.63) is 70.7 Å². The van der Waals surface area contributed by atoms with Crippen LogP contribution in [0.1, 0.15) is 30.0 Å². The van der Waals surface area contributed by atoms with E-state index >= 15 is 0 Å². The minimum absolute atomic E-state index is 0.0378. The number of nitrogens with zero attached hydrogens (tertiary/aromatic N) is 2. The number of alkyl carbamates (subject to hydrolysis) is 1. The number of ether oxygens (including phenoxy) is 4. The Morgan fingerprint density at radius 3 is 2.36 bits per heavy atom. The summed E-state index contributed by atoms with van der Waals surface area (Å²) in [6, 6.07) is 10.9. The number of benzene rings is 2. The standard InChI is InChI=1S/C29H32ClFN4O10/c1-16(2)25(32-29(40)42-4)28(39)44-15-43-27(38)22(36)14-35(33-26(37)23-12-24(41-3)34-45-23)13-17-5-7-18(8-6-17)20-11-19(30)9-10-21(20)31/h5-12,16,22,25,36H,13-15H2,1-4H3,(H,32,40)(H,33,37)/t22-,25+/m1/s1. The van der Waals surface area contributed by atoms with Crippen molar-refractivity contribution in [3.8, 4) is 17.0 Å². The first-order valence-electron chi connectivity index (χ1n) is 13.4. The molecule has 0 saturated carbocycles. The second-order valence-corrected chi connectivity index (χ2v) is 10.2. The van der Waals surface area contributed by atoms with Crippen LogP contribution in [0.3, 0.4) is 0 Å². The van der Waals surface area contributed by atoms with E-state index in [2.05, 4.69) is 20.6 Å².